The Kier molecular flexibility index (Phi) is 5.09. The standard InChI is InChI=1S/C23H21FN6O3/c1-11-15(9-29-22-21(11)27-4-5-32-22)14-6-13-7-18(28-10-16(13)20(26)19(14)24)30-23(31)33-17-3-2-12(17)8-25/h6-7,9-10,12,17,27H,2-5,26H2,1H3,(H,28,30,31)/t12-,17+/m1/s1. The lowest BCUT2D eigenvalue weighted by Crippen LogP contribution is -2.36. The maximum atomic E-state index is 15.3. The first-order chi connectivity index (χ1) is 16.0. The number of amides is 1. The van der Waals surface area contributed by atoms with Crippen LogP contribution in [0, 0.1) is 30.0 Å². The van der Waals surface area contributed by atoms with Gasteiger partial charge in [-0.3, -0.25) is 5.32 Å². The largest absolute Gasteiger partial charge is 0.474 e. The van der Waals surface area contributed by atoms with Crippen LogP contribution in [0.1, 0.15) is 18.4 Å². The lowest BCUT2D eigenvalue weighted by atomic mass is 9.83. The predicted molar refractivity (Wildman–Crippen MR) is 120 cm³/mol. The minimum absolute atomic E-state index is 0.0446. The van der Waals surface area contributed by atoms with Crippen molar-refractivity contribution in [1.29, 1.82) is 5.26 Å². The summed E-state index contributed by atoms with van der Waals surface area (Å²) in [5, 5.41) is 15.8. The monoisotopic (exact) mass is 448 g/mol. The zero-order chi connectivity index (χ0) is 23.1. The number of carbonyl (C=O) groups is 1. The molecular formula is C23H21FN6O3. The van der Waals surface area contributed by atoms with E-state index in [-0.39, 0.29) is 23.0 Å². The van der Waals surface area contributed by atoms with E-state index in [9.17, 15) is 4.79 Å². The van der Waals surface area contributed by atoms with E-state index < -0.39 is 18.0 Å². The van der Waals surface area contributed by atoms with Crippen molar-refractivity contribution < 1.29 is 18.7 Å². The lowest BCUT2D eigenvalue weighted by Gasteiger charge is -2.30. The summed E-state index contributed by atoms with van der Waals surface area (Å²) in [6.45, 7) is 3.01. The molecule has 2 atom stereocenters. The van der Waals surface area contributed by atoms with Crippen LogP contribution in [0.25, 0.3) is 21.9 Å². The third-order valence-corrected chi connectivity index (χ3v) is 6.10. The Balaban J connectivity index is 1.48. The number of anilines is 3. The SMILES string of the molecule is Cc1c(-c2cc3cc(NC(=O)O[C@H]4CC[C@@H]4C#N)ncc3c(N)c2F)cnc2c1NCCO2. The molecule has 2 aliphatic rings. The molecule has 33 heavy (non-hydrogen) atoms. The third kappa shape index (κ3) is 3.61. The normalized spacial score (nSPS) is 18.8. The van der Waals surface area contributed by atoms with E-state index in [0.29, 0.717) is 41.8 Å². The van der Waals surface area contributed by atoms with Crippen molar-refractivity contribution in [1.82, 2.24) is 9.97 Å². The molecule has 0 spiro atoms. The van der Waals surface area contributed by atoms with Gasteiger partial charge in [0.1, 0.15) is 24.2 Å². The van der Waals surface area contributed by atoms with Gasteiger partial charge in [-0.1, -0.05) is 0 Å². The van der Waals surface area contributed by atoms with E-state index in [4.69, 9.17) is 20.5 Å². The summed E-state index contributed by atoms with van der Waals surface area (Å²) in [6.07, 6.45) is 3.24. The van der Waals surface area contributed by atoms with Gasteiger partial charge >= 0.3 is 6.09 Å². The molecule has 0 bridgehead atoms. The second-order valence-electron chi connectivity index (χ2n) is 8.08. The molecule has 10 heteroatoms. The van der Waals surface area contributed by atoms with Crippen molar-refractivity contribution in [2.45, 2.75) is 25.9 Å². The van der Waals surface area contributed by atoms with Crippen molar-refractivity contribution in [2.24, 2.45) is 5.92 Å². The summed E-state index contributed by atoms with van der Waals surface area (Å²) in [6, 6.07) is 5.36. The van der Waals surface area contributed by atoms with Crippen molar-refractivity contribution in [3.8, 4) is 23.1 Å². The van der Waals surface area contributed by atoms with Gasteiger partial charge in [-0.15, -0.1) is 0 Å². The highest BCUT2D eigenvalue weighted by Gasteiger charge is 2.34. The molecule has 1 amide bonds. The van der Waals surface area contributed by atoms with E-state index in [1.807, 2.05) is 6.92 Å². The van der Waals surface area contributed by atoms with Gasteiger partial charge in [0, 0.05) is 35.5 Å². The minimum Gasteiger partial charge on any atom is -0.474 e. The number of benzene rings is 1. The van der Waals surface area contributed by atoms with Gasteiger partial charge < -0.3 is 20.5 Å². The number of ether oxygens (including phenoxy) is 2. The number of hydrogen-bond acceptors (Lipinski definition) is 8. The van der Waals surface area contributed by atoms with E-state index in [1.165, 1.54) is 6.20 Å². The van der Waals surface area contributed by atoms with Crippen molar-refractivity contribution in [3.63, 3.8) is 0 Å². The first-order valence-corrected chi connectivity index (χ1v) is 10.6. The van der Waals surface area contributed by atoms with Crippen LogP contribution in [0.2, 0.25) is 0 Å². The van der Waals surface area contributed by atoms with Crippen LogP contribution in [0.3, 0.4) is 0 Å². The van der Waals surface area contributed by atoms with E-state index in [1.54, 1.807) is 18.3 Å². The number of pyridine rings is 2. The smallest absolute Gasteiger partial charge is 0.413 e. The molecule has 0 saturated heterocycles. The minimum atomic E-state index is -0.692. The van der Waals surface area contributed by atoms with Crippen LogP contribution in [0.15, 0.2) is 24.5 Å². The molecule has 1 aromatic carbocycles. The number of nitrogens with one attached hydrogen (secondary N) is 2. The maximum Gasteiger partial charge on any atom is 0.413 e. The average molecular weight is 448 g/mol. The van der Waals surface area contributed by atoms with Gasteiger partial charge in [0.05, 0.1) is 17.7 Å². The molecule has 1 aliphatic carbocycles. The number of aromatic nitrogens is 2. The average Bonchev–Trinajstić information content (AvgIpc) is 2.80. The van der Waals surface area contributed by atoms with Crippen molar-refractivity contribution in [3.05, 3.63) is 35.9 Å². The summed E-state index contributed by atoms with van der Waals surface area (Å²) >= 11 is 0. The molecule has 3 aromatic rings. The molecule has 0 radical (unpaired) electrons. The summed E-state index contributed by atoms with van der Waals surface area (Å²) < 4.78 is 26.1. The highest BCUT2D eigenvalue weighted by Crippen LogP contribution is 2.39. The van der Waals surface area contributed by atoms with Crippen LogP contribution < -0.4 is 21.1 Å². The molecule has 1 aliphatic heterocycles. The highest BCUT2D eigenvalue weighted by molar-refractivity contribution is 5.99. The maximum absolute atomic E-state index is 15.3. The summed E-state index contributed by atoms with van der Waals surface area (Å²) in [4.78, 5) is 20.7. The fraction of sp³-hybridized carbons (Fsp3) is 0.304. The zero-order valence-corrected chi connectivity index (χ0v) is 17.8. The molecule has 1 fully saturated rings. The Morgan fingerprint density at radius 3 is 2.94 bits per heavy atom. The van der Waals surface area contributed by atoms with Crippen molar-refractivity contribution in [2.75, 3.05) is 29.5 Å². The van der Waals surface area contributed by atoms with Gasteiger partial charge in [0.25, 0.3) is 0 Å². The fourth-order valence-corrected chi connectivity index (χ4v) is 4.08. The molecule has 9 nitrogen and oxygen atoms in total. The number of halogens is 1. The van der Waals surface area contributed by atoms with Crippen LogP contribution in [-0.2, 0) is 4.74 Å². The van der Waals surface area contributed by atoms with Gasteiger partial charge in [0.15, 0.2) is 5.82 Å². The molecule has 4 N–H and O–H groups in total. The van der Waals surface area contributed by atoms with Crippen LogP contribution >= 0.6 is 0 Å². The molecule has 0 unspecified atom stereocenters. The Bertz CT molecular complexity index is 1320. The lowest BCUT2D eigenvalue weighted by molar-refractivity contribution is 0.0323. The molecule has 2 aromatic heterocycles. The number of nitrogens with zero attached hydrogens (tertiary/aromatic N) is 3. The van der Waals surface area contributed by atoms with Crippen molar-refractivity contribution >= 4 is 34.1 Å². The number of rotatable bonds is 3. The van der Waals surface area contributed by atoms with Crippen LogP contribution in [0.4, 0.5) is 26.4 Å². The number of carbonyl (C=O) groups excluding carboxylic acids is 1. The van der Waals surface area contributed by atoms with E-state index in [0.717, 1.165) is 17.7 Å². The molecule has 168 valence electrons. The van der Waals surface area contributed by atoms with Gasteiger partial charge in [0.2, 0.25) is 5.88 Å². The number of hydrogen-bond donors (Lipinski definition) is 3. The third-order valence-electron chi connectivity index (χ3n) is 6.10. The number of nitriles is 1. The van der Waals surface area contributed by atoms with E-state index in [2.05, 4.69) is 26.7 Å². The molecule has 3 heterocycles. The first-order valence-electron chi connectivity index (χ1n) is 10.6. The second-order valence-corrected chi connectivity index (χ2v) is 8.08. The second kappa shape index (κ2) is 8.09. The first kappa shape index (κ1) is 20.8. The topological polar surface area (TPSA) is 135 Å². The summed E-state index contributed by atoms with van der Waals surface area (Å²) in [5.41, 5.74) is 8.44. The quantitative estimate of drug-likeness (QED) is 0.512. The molecule has 1 saturated carbocycles. The highest BCUT2D eigenvalue weighted by atomic mass is 19.1. The molecule has 5 rings (SSSR count). The fourth-order valence-electron chi connectivity index (χ4n) is 4.08. The number of fused-ring (bicyclic) bond motifs is 2. The Hall–Kier alpha value is -4.13. The summed E-state index contributed by atoms with van der Waals surface area (Å²) in [5.74, 6) is -0.138. The van der Waals surface area contributed by atoms with E-state index >= 15 is 4.39 Å². The van der Waals surface area contributed by atoms with Crippen LogP contribution in [-0.4, -0.2) is 35.3 Å². The Labute approximate surface area is 188 Å². The number of nitrogens with two attached hydrogens (primary N) is 1. The van der Waals surface area contributed by atoms with Gasteiger partial charge in [-0.05, 0) is 42.8 Å². The van der Waals surface area contributed by atoms with Gasteiger partial charge in [-0.25, -0.2) is 19.2 Å². The Morgan fingerprint density at radius 2 is 2.18 bits per heavy atom. The van der Waals surface area contributed by atoms with Crippen LogP contribution in [0.5, 0.6) is 5.88 Å². The number of nitrogen functional groups attached to an aromatic ring is 1. The zero-order valence-electron chi connectivity index (χ0n) is 17.8. The molecular weight excluding hydrogens is 427 g/mol. The van der Waals surface area contributed by atoms with Gasteiger partial charge in [-0.2, -0.15) is 5.26 Å². The Morgan fingerprint density at radius 1 is 1.33 bits per heavy atom. The summed E-state index contributed by atoms with van der Waals surface area (Å²) in [7, 11) is 0. The predicted octanol–water partition coefficient (Wildman–Crippen LogP) is 3.98.